The van der Waals surface area contributed by atoms with Crippen molar-refractivity contribution in [3.8, 4) is 0 Å². The molecule has 0 aliphatic carbocycles. The largest absolute Gasteiger partial charge is 0.397 e. The summed E-state index contributed by atoms with van der Waals surface area (Å²) >= 11 is 0. The van der Waals surface area contributed by atoms with Crippen LogP contribution in [0.4, 0.5) is 11.4 Å². The average Bonchev–Trinajstić information content (AvgIpc) is 2.07. The maximum Gasteiger partial charge on any atom is 0.241 e. The van der Waals surface area contributed by atoms with Gasteiger partial charge in [0.05, 0.1) is 11.4 Å². The lowest BCUT2D eigenvalue weighted by Crippen LogP contribution is -2.05. The number of amides is 1. The molecule has 4 heteroatoms. The first-order valence-electron chi connectivity index (χ1n) is 3.72. The van der Waals surface area contributed by atoms with Crippen LogP contribution >= 0.6 is 0 Å². The van der Waals surface area contributed by atoms with E-state index >= 15 is 0 Å². The molecule has 4 nitrogen and oxygen atoms in total. The fourth-order valence-electron chi connectivity index (χ4n) is 0.875. The summed E-state index contributed by atoms with van der Waals surface area (Å²) in [5.74, 6) is -0.490. The molecule has 13 heavy (non-hydrogen) atoms. The number of nitrogens with two attached hydrogens (primary N) is 3. The summed E-state index contributed by atoms with van der Waals surface area (Å²) in [6.45, 7) is 0. The summed E-state index contributed by atoms with van der Waals surface area (Å²) in [6.07, 6.45) is 2.85. The highest BCUT2D eigenvalue weighted by Gasteiger charge is 1.94. The summed E-state index contributed by atoms with van der Waals surface area (Å²) in [5, 5.41) is 0. The Hall–Kier alpha value is -1.97. The Balaban J connectivity index is 2.92. The van der Waals surface area contributed by atoms with Crippen molar-refractivity contribution >= 4 is 23.4 Å². The lowest BCUT2D eigenvalue weighted by molar-refractivity contribution is -0.113. The minimum absolute atomic E-state index is 0.490. The second kappa shape index (κ2) is 3.62. The predicted molar refractivity (Wildman–Crippen MR) is 53.5 cm³/mol. The van der Waals surface area contributed by atoms with Gasteiger partial charge in [0.2, 0.25) is 5.91 Å². The minimum atomic E-state index is -0.490. The molecule has 0 aromatic heterocycles. The second-order valence-electron chi connectivity index (χ2n) is 2.62. The van der Waals surface area contributed by atoms with Crippen molar-refractivity contribution in [2.24, 2.45) is 5.73 Å². The van der Waals surface area contributed by atoms with Gasteiger partial charge in [-0.1, -0.05) is 6.07 Å². The van der Waals surface area contributed by atoms with Crippen LogP contribution in [0.2, 0.25) is 0 Å². The molecule has 0 unspecified atom stereocenters. The van der Waals surface area contributed by atoms with Gasteiger partial charge in [-0.15, -0.1) is 0 Å². The lowest BCUT2D eigenvalue weighted by atomic mass is 10.1. The van der Waals surface area contributed by atoms with E-state index in [-0.39, 0.29) is 0 Å². The van der Waals surface area contributed by atoms with Crippen molar-refractivity contribution in [3.05, 3.63) is 29.8 Å². The van der Waals surface area contributed by atoms with Crippen LogP contribution in [-0.4, -0.2) is 5.91 Å². The highest BCUT2D eigenvalue weighted by atomic mass is 16.1. The smallest absolute Gasteiger partial charge is 0.241 e. The van der Waals surface area contributed by atoms with Gasteiger partial charge in [-0.05, 0) is 23.8 Å². The Morgan fingerprint density at radius 1 is 1.23 bits per heavy atom. The molecule has 1 aromatic rings. The van der Waals surface area contributed by atoms with Crippen LogP contribution in [0.1, 0.15) is 5.56 Å². The summed E-state index contributed by atoms with van der Waals surface area (Å²) in [5.41, 5.74) is 17.8. The number of anilines is 2. The number of primary amides is 1. The van der Waals surface area contributed by atoms with Gasteiger partial charge in [-0.2, -0.15) is 0 Å². The van der Waals surface area contributed by atoms with E-state index in [2.05, 4.69) is 0 Å². The van der Waals surface area contributed by atoms with E-state index in [4.69, 9.17) is 17.2 Å². The van der Waals surface area contributed by atoms with Crippen LogP contribution in [0.25, 0.3) is 6.08 Å². The van der Waals surface area contributed by atoms with Crippen molar-refractivity contribution in [2.75, 3.05) is 11.5 Å². The highest BCUT2D eigenvalue weighted by Crippen LogP contribution is 2.16. The maximum atomic E-state index is 10.4. The zero-order valence-corrected chi connectivity index (χ0v) is 7.03. The van der Waals surface area contributed by atoms with E-state index < -0.39 is 5.91 Å². The molecule has 0 aliphatic heterocycles. The van der Waals surface area contributed by atoms with Gasteiger partial charge in [0.1, 0.15) is 0 Å². The van der Waals surface area contributed by atoms with Crippen molar-refractivity contribution in [3.63, 3.8) is 0 Å². The molecule has 1 rings (SSSR count). The fraction of sp³-hybridized carbons (Fsp3) is 0. The molecule has 68 valence electrons. The average molecular weight is 177 g/mol. The predicted octanol–water partition coefficient (Wildman–Crippen LogP) is 0.349. The van der Waals surface area contributed by atoms with Crippen LogP contribution < -0.4 is 17.2 Å². The molecular formula is C9H11N3O. The van der Waals surface area contributed by atoms with E-state index in [0.717, 1.165) is 5.56 Å². The Morgan fingerprint density at radius 2 is 1.92 bits per heavy atom. The molecular weight excluding hydrogens is 166 g/mol. The number of carbonyl (C=O) groups excluding carboxylic acids is 1. The second-order valence-corrected chi connectivity index (χ2v) is 2.62. The van der Waals surface area contributed by atoms with Gasteiger partial charge in [0.25, 0.3) is 0 Å². The molecule has 0 fully saturated rings. The topological polar surface area (TPSA) is 95.1 Å². The molecule has 1 amide bonds. The lowest BCUT2D eigenvalue weighted by Gasteiger charge is -1.99. The number of benzene rings is 1. The van der Waals surface area contributed by atoms with Crippen LogP contribution in [0.5, 0.6) is 0 Å². The minimum Gasteiger partial charge on any atom is -0.397 e. The molecule has 0 spiro atoms. The number of rotatable bonds is 2. The van der Waals surface area contributed by atoms with Crippen LogP contribution in [0.3, 0.4) is 0 Å². The summed E-state index contributed by atoms with van der Waals surface area (Å²) in [4.78, 5) is 10.4. The molecule has 1 aromatic carbocycles. The summed E-state index contributed by atoms with van der Waals surface area (Å²) in [6, 6.07) is 5.11. The fourth-order valence-corrected chi connectivity index (χ4v) is 0.875. The molecule has 0 heterocycles. The molecule has 0 bridgehead atoms. The van der Waals surface area contributed by atoms with Gasteiger partial charge in [-0.25, -0.2) is 0 Å². The summed E-state index contributed by atoms with van der Waals surface area (Å²) in [7, 11) is 0. The highest BCUT2D eigenvalue weighted by molar-refractivity contribution is 5.90. The molecule has 0 saturated heterocycles. The first-order valence-corrected chi connectivity index (χ1v) is 3.72. The van der Waals surface area contributed by atoms with Gasteiger partial charge in [-0.3, -0.25) is 4.79 Å². The number of carbonyl (C=O) groups is 1. The van der Waals surface area contributed by atoms with E-state index in [9.17, 15) is 4.79 Å². The molecule has 0 aliphatic rings. The first kappa shape index (κ1) is 9.12. The third-order valence-corrected chi connectivity index (χ3v) is 1.55. The standard InChI is InChI=1S/C9H11N3O/c10-7-3-1-6(5-8(7)11)2-4-9(12)13/h1-5H,10-11H2,(H2,12,13)/b4-2+. The van der Waals surface area contributed by atoms with Crippen molar-refractivity contribution in [1.29, 1.82) is 0 Å². The quantitative estimate of drug-likeness (QED) is 0.449. The van der Waals surface area contributed by atoms with Gasteiger partial charge >= 0.3 is 0 Å². The Kier molecular flexibility index (Phi) is 2.54. The van der Waals surface area contributed by atoms with Crippen molar-refractivity contribution in [1.82, 2.24) is 0 Å². The van der Waals surface area contributed by atoms with Gasteiger partial charge in [0, 0.05) is 6.08 Å². The van der Waals surface area contributed by atoms with Crippen molar-refractivity contribution in [2.45, 2.75) is 0 Å². The van der Waals surface area contributed by atoms with E-state index in [0.29, 0.717) is 11.4 Å². The Labute approximate surface area is 76.0 Å². The number of nitrogen functional groups attached to an aromatic ring is 2. The zero-order valence-electron chi connectivity index (χ0n) is 7.03. The normalized spacial score (nSPS) is 10.5. The van der Waals surface area contributed by atoms with Crippen LogP contribution in [0.15, 0.2) is 24.3 Å². The maximum absolute atomic E-state index is 10.4. The van der Waals surface area contributed by atoms with E-state index in [1.165, 1.54) is 6.08 Å². The van der Waals surface area contributed by atoms with Gasteiger partial charge < -0.3 is 17.2 Å². The SMILES string of the molecule is NC(=O)/C=C/c1ccc(N)c(N)c1. The number of hydrogen-bond acceptors (Lipinski definition) is 3. The van der Waals surface area contributed by atoms with Crippen LogP contribution in [0, 0.1) is 0 Å². The first-order chi connectivity index (χ1) is 6.09. The third-order valence-electron chi connectivity index (χ3n) is 1.55. The van der Waals surface area contributed by atoms with E-state index in [1.807, 2.05) is 0 Å². The Morgan fingerprint density at radius 3 is 2.46 bits per heavy atom. The molecule has 0 radical (unpaired) electrons. The zero-order chi connectivity index (χ0) is 9.84. The molecule has 0 saturated carbocycles. The van der Waals surface area contributed by atoms with Gasteiger partial charge in [0.15, 0.2) is 0 Å². The molecule has 0 atom stereocenters. The number of hydrogen-bond donors (Lipinski definition) is 3. The van der Waals surface area contributed by atoms with E-state index in [1.54, 1.807) is 24.3 Å². The Bertz CT molecular complexity index is 358. The third kappa shape index (κ3) is 2.52. The van der Waals surface area contributed by atoms with Crippen molar-refractivity contribution < 1.29 is 4.79 Å². The molecule has 6 N–H and O–H groups in total. The summed E-state index contributed by atoms with van der Waals surface area (Å²) < 4.78 is 0. The monoisotopic (exact) mass is 177 g/mol. The van der Waals surface area contributed by atoms with Crippen LogP contribution in [-0.2, 0) is 4.79 Å².